The van der Waals surface area contributed by atoms with Gasteiger partial charge in [0.25, 0.3) is 0 Å². The summed E-state index contributed by atoms with van der Waals surface area (Å²) in [4.78, 5) is 0. The quantitative estimate of drug-likeness (QED) is 0.890. The van der Waals surface area contributed by atoms with Crippen LogP contribution in [0.2, 0.25) is 0 Å². The second-order valence-corrected chi connectivity index (χ2v) is 5.30. The number of hydrogen-bond donors (Lipinski definition) is 1. The molecule has 0 fully saturated rings. The van der Waals surface area contributed by atoms with E-state index in [0.717, 1.165) is 17.2 Å². The highest BCUT2D eigenvalue weighted by Gasteiger charge is 2.18. The molecule has 0 aliphatic rings. The summed E-state index contributed by atoms with van der Waals surface area (Å²) >= 11 is 0. The molecule has 0 saturated heterocycles. The van der Waals surface area contributed by atoms with Crippen LogP contribution in [0.4, 0.5) is 13.2 Å². The monoisotopic (exact) mass is 293 g/mol. The first-order valence-corrected chi connectivity index (χ1v) is 6.79. The minimum atomic E-state index is -0.624. The lowest BCUT2D eigenvalue weighted by molar-refractivity contribution is 0.525. The van der Waals surface area contributed by atoms with Crippen molar-refractivity contribution in [3.63, 3.8) is 0 Å². The van der Waals surface area contributed by atoms with Crippen LogP contribution in [0.1, 0.15) is 28.3 Å². The lowest BCUT2D eigenvalue weighted by Crippen LogP contribution is -2.21. The zero-order valence-electron chi connectivity index (χ0n) is 12.3. The maximum absolute atomic E-state index is 14.2. The van der Waals surface area contributed by atoms with Crippen molar-refractivity contribution in [3.05, 3.63) is 70.0 Å². The van der Waals surface area contributed by atoms with Gasteiger partial charge in [-0.15, -0.1) is 0 Å². The number of halogens is 3. The molecule has 1 N–H and O–H groups in total. The van der Waals surface area contributed by atoms with Gasteiger partial charge in [0.15, 0.2) is 0 Å². The van der Waals surface area contributed by atoms with E-state index in [1.54, 1.807) is 7.05 Å². The van der Waals surface area contributed by atoms with Crippen LogP contribution in [-0.4, -0.2) is 7.05 Å². The summed E-state index contributed by atoms with van der Waals surface area (Å²) in [5.74, 6) is -1.55. The standard InChI is InChI=1S/C17H18F3N/c1-10-4-11(2)17(15(20)5-10)16(21-3)8-12-6-13(18)9-14(19)7-12/h4-7,9,16,21H,8H2,1-3H3. The van der Waals surface area contributed by atoms with Crippen LogP contribution in [0.5, 0.6) is 0 Å². The Morgan fingerprint density at radius 1 is 0.952 bits per heavy atom. The van der Waals surface area contributed by atoms with Gasteiger partial charge in [-0.1, -0.05) is 6.07 Å². The topological polar surface area (TPSA) is 12.0 Å². The molecule has 0 aliphatic heterocycles. The summed E-state index contributed by atoms with van der Waals surface area (Å²) in [5.41, 5.74) is 2.70. The molecule has 1 atom stereocenters. The summed E-state index contributed by atoms with van der Waals surface area (Å²) in [6, 6.07) is 6.40. The zero-order valence-corrected chi connectivity index (χ0v) is 12.3. The number of likely N-dealkylation sites (N-methyl/N-ethyl adjacent to an activating group) is 1. The average Bonchev–Trinajstić information content (AvgIpc) is 2.35. The van der Waals surface area contributed by atoms with Crippen LogP contribution in [-0.2, 0) is 6.42 Å². The van der Waals surface area contributed by atoms with Gasteiger partial charge in [-0.05, 0) is 62.2 Å². The van der Waals surface area contributed by atoms with Crippen LogP contribution in [0, 0.1) is 31.3 Å². The largest absolute Gasteiger partial charge is 0.313 e. The lowest BCUT2D eigenvalue weighted by atomic mass is 9.93. The van der Waals surface area contributed by atoms with E-state index in [0.29, 0.717) is 17.5 Å². The van der Waals surface area contributed by atoms with Gasteiger partial charge in [0.1, 0.15) is 17.5 Å². The number of aryl methyl sites for hydroxylation is 2. The van der Waals surface area contributed by atoms with E-state index in [-0.39, 0.29) is 11.9 Å². The van der Waals surface area contributed by atoms with Crippen molar-refractivity contribution in [1.29, 1.82) is 0 Å². The second kappa shape index (κ2) is 6.31. The molecule has 0 amide bonds. The van der Waals surface area contributed by atoms with Crippen molar-refractivity contribution in [2.75, 3.05) is 7.05 Å². The summed E-state index contributed by atoms with van der Waals surface area (Å²) in [6.07, 6.45) is 0.312. The highest BCUT2D eigenvalue weighted by molar-refractivity contribution is 5.35. The summed E-state index contributed by atoms with van der Waals surface area (Å²) < 4.78 is 40.7. The first-order chi connectivity index (χ1) is 9.90. The molecular weight excluding hydrogens is 275 g/mol. The highest BCUT2D eigenvalue weighted by atomic mass is 19.1. The van der Waals surface area contributed by atoms with Crippen molar-refractivity contribution in [2.45, 2.75) is 26.3 Å². The molecule has 0 saturated carbocycles. The summed E-state index contributed by atoms with van der Waals surface area (Å²) in [7, 11) is 1.71. The summed E-state index contributed by atoms with van der Waals surface area (Å²) in [5, 5.41) is 3.02. The molecule has 0 heterocycles. The van der Waals surface area contributed by atoms with Crippen molar-refractivity contribution in [2.24, 2.45) is 0 Å². The molecule has 0 aromatic heterocycles. The average molecular weight is 293 g/mol. The molecule has 2 rings (SSSR count). The van der Waals surface area contributed by atoms with Crippen LogP contribution in [0.25, 0.3) is 0 Å². The predicted octanol–water partition coefficient (Wildman–Crippen LogP) is 4.22. The molecule has 2 aromatic carbocycles. The van der Waals surface area contributed by atoms with Gasteiger partial charge in [0, 0.05) is 17.7 Å². The van der Waals surface area contributed by atoms with Gasteiger partial charge < -0.3 is 5.32 Å². The van der Waals surface area contributed by atoms with E-state index < -0.39 is 11.6 Å². The Hall–Kier alpha value is -1.81. The van der Waals surface area contributed by atoms with Crippen molar-refractivity contribution in [3.8, 4) is 0 Å². The van der Waals surface area contributed by atoms with Crippen molar-refractivity contribution >= 4 is 0 Å². The number of hydrogen-bond acceptors (Lipinski definition) is 1. The Bertz CT molecular complexity index is 609. The molecule has 4 heteroatoms. The van der Waals surface area contributed by atoms with Crippen molar-refractivity contribution in [1.82, 2.24) is 5.32 Å². The molecule has 0 spiro atoms. The molecule has 112 valence electrons. The maximum atomic E-state index is 14.2. The van der Waals surface area contributed by atoms with E-state index in [2.05, 4.69) is 5.32 Å². The fourth-order valence-corrected chi connectivity index (χ4v) is 2.68. The first-order valence-electron chi connectivity index (χ1n) is 6.79. The fourth-order valence-electron chi connectivity index (χ4n) is 2.68. The van der Waals surface area contributed by atoms with E-state index in [4.69, 9.17) is 0 Å². The SMILES string of the molecule is CNC(Cc1cc(F)cc(F)c1)c1c(C)cc(C)cc1F. The molecule has 0 radical (unpaired) electrons. The summed E-state index contributed by atoms with van der Waals surface area (Å²) in [6.45, 7) is 3.66. The first kappa shape index (κ1) is 15.6. The Morgan fingerprint density at radius 2 is 1.57 bits per heavy atom. The van der Waals surface area contributed by atoms with Crippen molar-refractivity contribution < 1.29 is 13.2 Å². The number of benzene rings is 2. The normalized spacial score (nSPS) is 12.5. The number of rotatable bonds is 4. The third kappa shape index (κ3) is 3.64. The number of nitrogens with one attached hydrogen (secondary N) is 1. The molecule has 1 unspecified atom stereocenters. The lowest BCUT2D eigenvalue weighted by Gasteiger charge is -2.20. The Labute approximate surface area is 122 Å². The van der Waals surface area contributed by atoms with Crippen LogP contribution in [0.3, 0.4) is 0 Å². The Morgan fingerprint density at radius 3 is 2.10 bits per heavy atom. The molecule has 1 nitrogen and oxygen atoms in total. The zero-order chi connectivity index (χ0) is 15.6. The van der Waals surface area contributed by atoms with E-state index in [9.17, 15) is 13.2 Å². The van der Waals surface area contributed by atoms with E-state index >= 15 is 0 Å². The van der Waals surface area contributed by atoms with Gasteiger partial charge in [-0.25, -0.2) is 13.2 Å². The highest BCUT2D eigenvalue weighted by Crippen LogP contribution is 2.26. The molecular formula is C17H18F3N. The molecule has 0 aliphatic carbocycles. The minimum Gasteiger partial charge on any atom is -0.313 e. The minimum absolute atomic E-state index is 0.302. The second-order valence-electron chi connectivity index (χ2n) is 5.30. The van der Waals surface area contributed by atoms with Crippen LogP contribution >= 0.6 is 0 Å². The van der Waals surface area contributed by atoms with Gasteiger partial charge in [-0.3, -0.25) is 0 Å². The van der Waals surface area contributed by atoms with Gasteiger partial charge in [0.05, 0.1) is 0 Å². The predicted molar refractivity (Wildman–Crippen MR) is 77.7 cm³/mol. The van der Waals surface area contributed by atoms with Gasteiger partial charge in [-0.2, -0.15) is 0 Å². The van der Waals surface area contributed by atoms with Crippen LogP contribution < -0.4 is 5.32 Å². The molecule has 2 aromatic rings. The van der Waals surface area contributed by atoms with Gasteiger partial charge in [0.2, 0.25) is 0 Å². The smallest absolute Gasteiger partial charge is 0.128 e. The van der Waals surface area contributed by atoms with Crippen LogP contribution in [0.15, 0.2) is 30.3 Å². The van der Waals surface area contributed by atoms with E-state index in [1.807, 2.05) is 19.9 Å². The third-order valence-electron chi connectivity index (χ3n) is 3.54. The fraction of sp³-hybridized carbons (Fsp3) is 0.294. The Balaban J connectivity index is 2.36. The Kier molecular flexibility index (Phi) is 4.68. The van der Waals surface area contributed by atoms with Gasteiger partial charge >= 0.3 is 0 Å². The maximum Gasteiger partial charge on any atom is 0.128 e. The molecule has 21 heavy (non-hydrogen) atoms. The molecule has 0 bridgehead atoms. The van der Waals surface area contributed by atoms with E-state index in [1.165, 1.54) is 18.2 Å². The third-order valence-corrected chi connectivity index (χ3v) is 3.54.